The van der Waals surface area contributed by atoms with Gasteiger partial charge in [0.2, 0.25) is 0 Å². The van der Waals surface area contributed by atoms with E-state index < -0.39 is 0 Å². The minimum absolute atomic E-state index is 0.0795. The zero-order valence-electron chi connectivity index (χ0n) is 11.5. The number of benzene rings is 3. The third-order valence-electron chi connectivity index (χ3n) is 3.66. The van der Waals surface area contributed by atoms with Crippen LogP contribution in [0.1, 0.15) is 0 Å². The fraction of sp³-hybridized carbons (Fsp3) is 0. The Bertz CT molecular complexity index is 1070. The van der Waals surface area contributed by atoms with Crippen LogP contribution in [-0.4, -0.2) is 0 Å². The SMILES string of the molecule is N#CC=c1c2ccccc2c(=C(C#N)C#N)c2ccccc12. The summed E-state index contributed by atoms with van der Waals surface area (Å²) in [5.74, 6) is 0. The van der Waals surface area contributed by atoms with Crippen LogP contribution >= 0.6 is 0 Å². The van der Waals surface area contributed by atoms with Crippen LogP contribution in [0, 0.1) is 34.0 Å². The third-order valence-corrected chi connectivity index (χ3v) is 3.66. The minimum atomic E-state index is 0.0795. The van der Waals surface area contributed by atoms with E-state index in [-0.39, 0.29) is 5.57 Å². The average molecular weight is 279 g/mol. The highest BCUT2D eigenvalue weighted by molar-refractivity contribution is 6.03. The summed E-state index contributed by atoms with van der Waals surface area (Å²) in [6.45, 7) is 0. The molecule has 0 aliphatic rings. The molecule has 0 heterocycles. The van der Waals surface area contributed by atoms with E-state index in [2.05, 4.69) is 6.07 Å². The monoisotopic (exact) mass is 279 g/mol. The molecule has 22 heavy (non-hydrogen) atoms. The molecular formula is C19H9N3. The summed E-state index contributed by atoms with van der Waals surface area (Å²) in [6.07, 6.45) is 1.51. The van der Waals surface area contributed by atoms with Crippen LogP contribution in [0.4, 0.5) is 0 Å². The van der Waals surface area contributed by atoms with Crippen LogP contribution in [0.5, 0.6) is 0 Å². The van der Waals surface area contributed by atoms with Crippen molar-refractivity contribution < 1.29 is 0 Å². The van der Waals surface area contributed by atoms with E-state index in [1.807, 2.05) is 60.7 Å². The third kappa shape index (κ3) is 1.88. The molecule has 0 saturated heterocycles. The van der Waals surface area contributed by atoms with Crippen LogP contribution in [0.3, 0.4) is 0 Å². The van der Waals surface area contributed by atoms with Crippen molar-refractivity contribution in [1.29, 1.82) is 15.8 Å². The molecule has 3 nitrogen and oxygen atoms in total. The number of nitriles is 3. The van der Waals surface area contributed by atoms with Crippen LogP contribution < -0.4 is 10.4 Å². The Morgan fingerprint density at radius 1 is 0.727 bits per heavy atom. The lowest BCUT2D eigenvalue weighted by Gasteiger charge is -2.06. The van der Waals surface area contributed by atoms with E-state index >= 15 is 0 Å². The predicted octanol–water partition coefficient (Wildman–Crippen LogP) is 2.49. The standard InChI is InChI=1S/C19H9N3/c20-10-9-16-14-5-1-3-7-17(14)19(13(11-21)12-22)18-8-4-2-6-15(16)18/h1-9H. The number of hydrogen-bond acceptors (Lipinski definition) is 3. The summed E-state index contributed by atoms with van der Waals surface area (Å²) >= 11 is 0. The first-order valence-electron chi connectivity index (χ1n) is 6.65. The molecule has 0 N–H and O–H groups in total. The zero-order chi connectivity index (χ0) is 15.5. The fourth-order valence-corrected chi connectivity index (χ4v) is 2.79. The molecule has 0 aromatic heterocycles. The van der Waals surface area contributed by atoms with Gasteiger partial charge in [0.25, 0.3) is 0 Å². The van der Waals surface area contributed by atoms with Crippen LogP contribution in [0.15, 0.2) is 48.5 Å². The molecular weight excluding hydrogens is 270 g/mol. The topological polar surface area (TPSA) is 71.4 Å². The van der Waals surface area contributed by atoms with Crippen molar-refractivity contribution >= 4 is 33.2 Å². The van der Waals surface area contributed by atoms with E-state index in [9.17, 15) is 10.5 Å². The maximum Gasteiger partial charge on any atom is 0.138 e. The summed E-state index contributed by atoms with van der Waals surface area (Å²) < 4.78 is 0. The Kier molecular flexibility index (Phi) is 3.29. The van der Waals surface area contributed by atoms with E-state index in [1.165, 1.54) is 6.08 Å². The summed E-state index contributed by atoms with van der Waals surface area (Å²) in [4.78, 5) is 0. The van der Waals surface area contributed by atoms with Crippen molar-refractivity contribution in [1.82, 2.24) is 0 Å². The Balaban J connectivity index is 2.88. The molecule has 100 valence electrons. The quantitative estimate of drug-likeness (QED) is 0.593. The second kappa shape index (κ2) is 5.41. The summed E-state index contributed by atoms with van der Waals surface area (Å²) in [7, 11) is 0. The fourth-order valence-electron chi connectivity index (χ4n) is 2.79. The van der Waals surface area contributed by atoms with Gasteiger partial charge in [0.15, 0.2) is 0 Å². The van der Waals surface area contributed by atoms with Gasteiger partial charge in [-0.2, -0.15) is 15.8 Å². The molecule has 0 unspecified atom stereocenters. The van der Waals surface area contributed by atoms with Crippen LogP contribution in [0.2, 0.25) is 0 Å². The summed E-state index contributed by atoms with van der Waals surface area (Å²) in [5, 5.41) is 32.5. The number of fused-ring (bicyclic) bond motifs is 2. The van der Waals surface area contributed by atoms with E-state index in [0.29, 0.717) is 5.22 Å². The minimum Gasteiger partial charge on any atom is -0.193 e. The molecule has 0 radical (unpaired) electrons. The Morgan fingerprint density at radius 2 is 1.18 bits per heavy atom. The zero-order valence-corrected chi connectivity index (χ0v) is 11.5. The highest BCUT2D eigenvalue weighted by Crippen LogP contribution is 2.14. The highest BCUT2D eigenvalue weighted by atomic mass is 14.3. The molecule has 0 spiro atoms. The molecule has 0 atom stereocenters. The van der Waals surface area contributed by atoms with Crippen molar-refractivity contribution in [2.24, 2.45) is 0 Å². The van der Waals surface area contributed by atoms with Crippen molar-refractivity contribution in [2.75, 3.05) is 0 Å². The first-order valence-corrected chi connectivity index (χ1v) is 6.65. The van der Waals surface area contributed by atoms with Gasteiger partial charge >= 0.3 is 0 Å². The molecule has 3 heteroatoms. The molecule has 0 fully saturated rings. The number of nitrogens with zero attached hydrogens (tertiary/aromatic N) is 3. The molecule has 0 aliphatic carbocycles. The Labute approximate surface area is 126 Å². The van der Waals surface area contributed by atoms with Gasteiger partial charge in [0.1, 0.15) is 17.7 Å². The molecule has 0 saturated carbocycles. The van der Waals surface area contributed by atoms with Gasteiger partial charge in [0, 0.05) is 16.5 Å². The lowest BCUT2D eigenvalue weighted by Crippen LogP contribution is -2.16. The maximum absolute atomic E-state index is 9.30. The predicted molar refractivity (Wildman–Crippen MR) is 85.4 cm³/mol. The second-order valence-corrected chi connectivity index (χ2v) is 4.75. The average Bonchev–Trinajstić information content (AvgIpc) is 2.58. The molecule has 0 bridgehead atoms. The molecule has 3 aromatic carbocycles. The van der Waals surface area contributed by atoms with Crippen molar-refractivity contribution in [2.45, 2.75) is 0 Å². The smallest absolute Gasteiger partial charge is 0.138 e. The number of hydrogen-bond donors (Lipinski definition) is 0. The first-order chi connectivity index (χ1) is 10.8. The van der Waals surface area contributed by atoms with Gasteiger partial charge in [-0.05, 0) is 21.5 Å². The van der Waals surface area contributed by atoms with Crippen molar-refractivity contribution in [3.8, 4) is 18.2 Å². The highest BCUT2D eigenvalue weighted by Gasteiger charge is 2.08. The van der Waals surface area contributed by atoms with Crippen molar-refractivity contribution in [3.05, 3.63) is 59.0 Å². The molecule has 3 aromatic rings. The number of rotatable bonds is 0. The van der Waals surface area contributed by atoms with Crippen molar-refractivity contribution in [3.63, 3.8) is 0 Å². The molecule has 0 aliphatic heterocycles. The molecule has 0 amide bonds. The lowest BCUT2D eigenvalue weighted by molar-refractivity contribution is 1.50. The first kappa shape index (κ1) is 13.4. The van der Waals surface area contributed by atoms with Crippen LogP contribution in [-0.2, 0) is 0 Å². The van der Waals surface area contributed by atoms with Gasteiger partial charge < -0.3 is 0 Å². The van der Waals surface area contributed by atoms with E-state index in [0.717, 1.165) is 26.8 Å². The maximum atomic E-state index is 9.30. The van der Waals surface area contributed by atoms with Gasteiger partial charge in [-0.1, -0.05) is 48.5 Å². The Hall–Kier alpha value is -3.61. The van der Waals surface area contributed by atoms with Crippen LogP contribution in [0.25, 0.3) is 33.2 Å². The normalized spacial score (nSPS) is 9.68. The van der Waals surface area contributed by atoms with E-state index in [1.54, 1.807) is 0 Å². The van der Waals surface area contributed by atoms with Gasteiger partial charge in [-0.25, -0.2) is 0 Å². The van der Waals surface area contributed by atoms with E-state index in [4.69, 9.17) is 5.26 Å². The summed E-state index contributed by atoms with van der Waals surface area (Å²) in [6, 6.07) is 21.1. The Morgan fingerprint density at radius 3 is 1.59 bits per heavy atom. The van der Waals surface area contributed by atoms with Gasteiger partial charge in [0.05, 0.1) is 6.07 Å². The molecule has 3 rings (SSSR count). The largest absolute Gasteiger partial charge is 0.193 e. The van der Waals surface area contributed by atoms with Gasteiger partial charge in [-0.15, -0.1) is 0 Å². The second-order valence-electron chi connectivity index (χ2n) is 4.75. The van der Waals surface area contributed by atoms with Gasteiger partial charge in [-0.3, -0.25) is 0 Å². The lowest BCUT2D eigenvalue weighted by atomic mass is 9.95. The summed E-state index contributed by atoms with van der Waals surface area (Å²) in [5.41, 5.74) is 0.0795.